The quantitative estimate of drug-likeness (QED) is 0.0383. The molecule has 75 heavy (non-hydrogen) atoms. The summed E-state index contributed by atoms with van der Waals surface area (Å²) in [4.78, 5) is 25.3. The van der Waals surface area contributed by atoms with Gasteiger partial charge in [-0.2, -0.15) is 0 Å². The summed E-state index contributed by atoms with van der Waals surface area (Å²) in [6.07, 6.45) is 20.2. The molecule has 0 aliphatic heterocycles. The van der Waals surface area contributed by atoms with E-state index in [0.29, 0.717) is 60.6 Å². The number of thiophene rings is 2. The maximum atomic E-state index is 11.4. The Morgan fingerprint density at radius 3 is 1.32 bits per heavy atom. The van der Waals surface area contributed by atoms with Crippen molar-refractivity contribution in [1.29, 1.82) is 0 Å². The van der Waals surface area contributed by atoms with Crippen LogP contribution in [0.25, 0.3) is 20.2 Å². The molecule has 0 saturated heterocycles. The number of carboxylic acid groups (broad SMARTS) is 1. The number of carbonyl (C=O) groups excluding carboxylic acids is 1. The highest BCUT2D eigenvalue weighted by Gasteiger charge is 2.48. The molecule has 2 aliphatic rings. The summed E-state index contributed by atoms with van der Waals surface area (Å²) in [7, 11) is -2.16. The van der Waals surface area contributed by atoms with E-state index in [0.717, 1.165) is 43.9 Å². The second kappa shape index (κ2) is 30.3. The van der Waals surface area contributed by atoms with Crippen LogP contribution in [-0.4, -0.2) is 53.0 Å². The molecule has 2 fully saturated rings. The van der Waals surface area contributed by atoms with Gasteiger partial charge < -0.3 is 18.7 Å². The summed E-state index contributed by atoms with van der Waals surface area (Å²) in [6, 6.07) is 22.4. The Bertz CT molecular complexity index is 2220. The van der Waals surface area contributed by atoms with Crippen molar-refractivity contribution in [3.05, 3.63) is 70.4 Å². The van der Waals surface area contributed by atoms with E-state index >= 15 is 0 Å². The highest BCUT2D eigenvalue weighted by atomic mass is 32.1. The molecular weight excluding hydrogens is 997 g/mol. The molecule has 2 aromatic carbocycles. The van der Waals surface area contributed by atoms with Gasteiger partial charge in [-0.3, -0.25) is 9.59 Å². The molecule has 2 heterocycles. The Hall–Kier alpha value is -2.35. The number of fused-ring (bicyclic) bond motifs is 2. The van der Waals surface area contributed by atoms with Gasteiger partial charge in [-0.05, 0) is 183 Å². The third-order valence-electron chi connectivity index (χ3n) is 18.5. The number of ether oxygens (including phenoxy) is 1. The zero-order valence-electron chi connectivity index (χ0n) is 48.6. The number of esters is 1. The minimum absolute atomic E-state index is 0. The topological polar surface area (TPSA) is 82.1 Å². The lowest BCUT2D eigenvalue weighted by molar-refractivity contribution is -0.141. The number of hydrogen-bond acceptors (Lipinski definition) is 7. The SMILES string of the molecule is C.C.COC(=O)CCCCCC[C@@H]1[C@@H](CC[C@@H](C)c2cc3ccccc3s2)[C@H](C)C[C@@H]1O[Si](C)(C)C(C)(C)C.C[C@H](CC[C@@H]1[C@@H](CCCCCCC(=O)O)[C@@H](O[Si](C)(C)C(C)(C)C)C[C@H]1C)c1cc2ccccc2s1. The minimum Gasteiger partial charge on any atom is -0.481 e. The van der Waals surface area contributed by atoms with Crippen LogP contribution in [0.3, 0.4) is 0 Å². The number of carbonyl (C=O) groups is 2. The van der Waals surface area contributed by atoms with Gasteiger partial charge in [-0.25, -0.2) is 0 Å². The Morgan fingerprint density at radius 2 is 0.960 bits per heavy atom. The molecule has 0 spiro atoms. The maximum absolute atomic E-state index is 11.4. The molecule has 0 amide bonds. The van der Waals surface area contributed by atoms with Crippen LogP contribution < -0.4 is 0 Å². The molecule has 1 N–H and O–H groups in total. The van der Waals surface area contributed by atoms with Crippen molar-refractivity contribution in [3.8, 4) is 0 Å². The van der Waals surface area contributed by atoms with Crippen molar-refractivity contribution in [2.45, 2.75) is 260 Å². The lowest BCUT2D eigenvalue weighted by Crippen LogP contribution is -2.45. The molecule has 0 unspecified atom stereocenters. The van der Waals surface area contributed by atoms with Crippen molar-refractivity contribution in [2.24, 2.45) is 35.5 Å². The average Bonchev–Trinajstić information content (AvgIpc) is 4.09. The van der Waals surface area contributed by atoms with Gasteiger partial charge in [0.05, 0.1) is 7.11 Å². The molecule has 6 rings (SSSR count). The zero-order valence-corrected chi connectivity index (χ0v) is 52.2. The average molecular weight is 1110 g/mol. The first kappa shape index (κ1) is 66.9. The Morgan fingerprint density at radius 1 is 0.587 bits per heavy atom. The fourth-order valence-corrected chi connectivity index (χ4v) is 16.8. The Labute approximate surface area is 469 Å². The first-order valence-electron chi connectivity index (χ1n) is 28.9. The molecular formula is C65H110O6S2Si2. The van der Waals surface area contributed by atoms with E-state index in [9.17, 15) is 9.59 Å². The first-order valence-corrected chi connectivity index (χ1v) is 36.4. The predicted molar refractivity (Wildman–Crippen MR) is 333 cm³/mol. The molecule has 426 valence electrons. The van der Waals surface area contributed by atoms with Crippen LogP contribution in [0.5, 0.6) is 0 Å². The van der Waals surface area contributed by atoms with E-state index in [-0.39, 0.29) is 30.9 Å². The summed E-state index contributed by atoms with van der Waals surface area (Å²) < 4.78 is 21.8. The highest BCUT2D eigenvalue weighted by molar-refractivity contribution is 7.19. The monoisotopic (exact) mass is 1110 g/mol. The number of carboxylic acids is 1. The van der Waals surface area contributed by atoms with Gasteiger partial charge in [-0.1, -0.05) is 159 Å². The van der Waals surface area contributed by atoms with Crippen LogP contribution in [0.2, 0.25) is 36.3 Å². The number of unbranched alkanes of at least 4 members (excludes halogenated alkanes) is 6. The molecule has 0 bridgehead atoms. The van der Waals surface area contributed by atoms with Crippen LogP contribution in [-0.2, 0) is 23.2 Å². The third-order valence-corrected chi connectivity index (χ3v) is 30.2. The molecule has 2 aromatic heterocycles. The standard InChI is InChI=1S/C32H52O3SSi.C31H50O3SSi.2CH4/c1-23(30-22-25-15-13-14-17-29(25)36-30)19-20-26-24(2)21-28(35-37(7,8)32(3,4)5)27(26)16-11-9-10-12-18-31(33)34-6;1-22(29-21-24-14-12-13-16-28(24)35-29)18-19-25-23(2)20-27(34-36(6,7)31(3,4)5)26(25)15-10-8-9-11-17-30(32)33;;/h13-15,17,22-24,26-28H,9-12,16,18-21H2,1-8H3;12-14,16,21-23,25-27H,8-11,15,17-20H2,1-7H3,(H,32,33);2*1H4/t23-,24-,26+,27-,28+;22-,23-,25+,26-,27+;;/m11../s1. The summed E-state index contributed by atoms with van der Waals surface area (Å²) in [5.41, 5.74) is 0. The molecule has 4 aromatic rings. The fourth-order valence-electron chi connectivity index (χ4n) is 11.8. The molecule has 10 heteroatoms. The summed E-state index contributed by atoms with van der Waals surface area (Å²) in [5.74, 6) is 4.59. The number of hydrogen-bond donors (Lipinski definition) is 1. The highest BCUT2D eigenvalue weighted by Crippen LogP contribution is 2.51. The Kier molecular flexibility index (Phi) is 27.0. The minimum atomic E-state index is -1.82. The molecule has 10 atom stereocenters. The summed E-state index contributed by atoms with van der Waals surface area (Å²) in [5, 5.41) is 12.2. The summed E-state index contributed by atoms with van der Waals surface area (Å²) in [6.45, 7) is 33.5. The van der Waals surface area contributed by atoms with Gasteiger partial charge in [0.15, 0.2) is 16.6 Å². The number of methoxy groups -OCH3 is 1. The van der Waals surface area contributed by atoms with Crippen molar-refractivity contribution in [3.63, 3.8) is 0 Å². The predicted octanol–water partition coefficient (Wildman–Crippen LogP) is 21.1. The second-order valence-corrected chi connectivity index (χ2v) is 37.9. The Balaban J connectivity index is 0.000000385. The molecule has 6 nitrogen and oxygen atoms in total. The third kappa shape index (κ3) is 19.5. The van der Waals surface area contributed by atoms with E-state index in [2.05, 4.69) is 156 Å². The summed E-state index contributed by atoms with van der Waals surface area (Å²) >= 11 is 3.94. The number of benzene rings is 2. The second-order valence-electron chi connectivity index (χ2n) is 26.1. The lowest BCUT2D eigenvalue weighted by Gasteiger charge is -2.40. The van der Waals surface area contributed by atoms with Crippen molar-refractivity contribution in [2.75, 3.05) is 7.11 Å². The zero-order chi connectivity index (χ0) is 53.7. The van der Waals surface area contributed by atoms with Gasteiger partial charge in [0.1, 0.15) is 0 Å². The van der Waals surface area contributed by atoms with E-state index < -0.39 is 22.6 Å². The van der Waals surface area contributed by atoms with Crippen molar-refractivity contribution < 1.29 is 28.3 Å². The first-order chi connectivity index (χ1) is 34.3. The van der Waals surface area contributed by atoms with Gasteiger partial charge in [-0.15, -0.1) is 22.7 Å². The smallest absolute Gasteiger partial charge is 0.305 e. The fraction of sp³-hybridized carbons (Fsp3) is 0.723. The van der Waals surface area contributed by atoms with Gasteiger partial charge in [0.25, 0.3) is 0 Å². The van der Waals surface area contributed by atoms with Crippen LogP contribution in [0, 0.1) is 35.5 Å². The number of aliphatic carboxylic acids is 1. The van der Waals surface area contributed by atoms with Crippen LogP contribution in [0.1, 0.15) is 221 Å². The van der Waals surface area contributed by atoms with Crippen LogP contribution in [0.15, 0.2) is 60.7 Å². The number of rotatable bonds is 26. The van der Waals surface area contributed by atoms with E-state index in [1.54, 1.807) is 0 Å². The lowest BCUT2D eigenvalue weighted by atomic mass is 9.81. The van der Waals surface area contributed by atoms with E-state index in [1.807, 2.05) is 22.7 Å². The van der Waals surface area contributed by atoms with Crippen molar-refractivity contribution >= 4 is 71.4 Å². The molecule has 0 radical (unpaired) electrons. The van der Waals surface area contributed by atoms with Gasteiger partial charge >= 0.3 is 11.9 Å². The normalized spacial score (nSPS) is 23.0. The molecule has 2 saturated carbocycles. The van der Waals surface area contributed by atoms with E-state index in [1.165, 1.54) is 108 Å². The van der Waals surface area contributed by atoms with Gasteiger partial charge in [0, 0.05) is 44.2 Å². The molecule has 2 aliphatic carbocycles. The van der Waals surface area contributed by atoms with Crippen LogP contribution >= 0.6 is 22.7 Å². The van der Waals surface area contributed by atoms with Crippen molar-refractivity contribution in [1.82, 2.24) is 0 Å². The van der Waals surface area contributed by atoms with Gasteiger partial charge in [0.2, 0.25) is 0 Å². The van der Waals surface area contributed by atoms with E-state index in [4.69, 9.17) is 18.7 Å². The maximum Gasteiger partial charge on any atom is 0.305 e. The van der Waals surface area contributed by atoms with Crippen LogP contribution in [0.4, 0.5) is 0 Å². The largest absolute Gasteiger partial charge is 0.481 e.